The molecule has 2 aromatic rings. The van der Waals surface area contributed by atoms with Gasteiger partial charge in [0, 0.05) is 43.0 Å². The standard InChI is InChI=1S/C21H26FN3OS/c1-15(23-21(26)16-8-9-16)20(19-7-4-14-27-19)25-12-10-24(11-13-25)18-6-3-2-5-17(18)22/h2-7,14-16,20H,8-13H2,1H3,(H,23,26)/t15-,20-/m0/s1. The SMILES string of the molecule is C[C@H](NC(=O)C1CC1)[C@@H](c1cccs1)N1CCN(c2ccccc2F)CC1. The molecule has 2 fully saturated rings. The number of thiophene rings is 1. The summed E-state index contributed by atoms with van der Waals surface area (Å²) in [5, 5.41) is 5.32. The van der Waals surface area contributed by atoms with E-state index in [2.05, 4.69) is 39.6 Å². The van der Waals surface area contributed by atoms with E-state index in [0.29, 0.717) is 5.69 Å². The van der Waals surface area contributed by atoms with Crippen molar-refractivity contribution in [3.05, 3.63) is 52.5 Å². The summed E-state index contributed by atoms with van der Waals surface area (Å²) < 4.78 is 14.1. The number of amides is 1. The van der Waals surface area contributed by atoms with Crippen LogP contribution in [0.1, 0.15) is 30.7 Å². The van der Waals surface area contributed by atoms with Crippen molar-refractivity contribution in [3.8, 4) is 0 Å². The maximum Gasteiger partial charge on any atom is 0.223 e. The first-order valence-electron chi connectivity index (χ1n) is 9.71. The minimum atomic E-state index is -0.161. The Balaban J connectivity index is 1.45. The molecule has 4 nitrogen and oxygen atoms in total. The first-order valence-corrected chi connectivity index (χ1v) is 10.6. The molecule has 1 aliphatic carbocycles. The highest BCUT2D eigenvalue weighted by Crippen LogP contribution is 2.33. The second-order valence-electron chi connectivity index (χ2n) is 7.51. The highest BCUT2D eigenvalue weighted by atomic mass is 32.1. The Labute approximate surface area is 164 Å². The molecule has 4 rings (SSSR count). The molecular formula is C21H26FN3OS. The molecule has 2 heterocycles. The summed E-state index contributed by atoms with van der Waals surface area (Å²) in [6.07, 6.45) is 2.03. The molecule has 0 spiro atoms. The predicted molar refractivity (Wildman–Crippen MR) is 108 cm³/mol. The van der Waals surface area contributed by atoms with Gasteiger partial charge in [-0.1, -0.05) is 18.2 Å². The molecule has 2 aliphatic rings. The van der Waals surface area contributed by atoms with Crippen LogP contribution in [0, 0.1) is 11.7 Å². The van der Waals surface area contributed by atoms with Crippen molar-refractivity contribution in [3.63, 3.8) is 0 Å². The van der Waals surface area contributed by atoms with Gasteiger partial charge in [-0.05, 0) is 43.3 Å². The van der Waals surface area contributed by atoms with Crippen LogP contribution in [0.2, 0.25) is 0 Å². The van der Waals surface area contributed by atoms with Gasteiger partial charge in [0.1, 0.15) is 5.82 Å². The average Bonchev–Trinajstić information content (AvgIpc) is 3.40. The summed E-state index contributed by atoms with van der Waals surface area (Å²) in [6, 6.07) is 11.4. The minimum absolute atomic E-state index is 0.0526. The third kappa shape index (κ3) is 4.17. The maximum atomic E-state index is 14.1. The third-order valence-corrected chi connectivity index (χ3v) is 6.47. The molecule has 27 heavy (non-hydrogen) atoms. The molecule has 6 heteroatoms. The number of piperazine rings is 1. The number of hydrogen-bond donors (Lipinski definition) is 1. The van der Waals surface area contributed by atoms with Crippen LogP contribution in [-0.4, -0.2) is 43.0 Å². The normalized spacial score (nSPS) is 20.3. The molecule has 1 amide bonds. The van der Waals surface area contributed by atoms with E-state index in [0.717, 1.165) is 39.0 Å². The van der Waals surface area contributed by atoms with Gasteiger partial charge in [0.15, 0.2) is 0 Å². The van der Waals surface area contributed by atoms with Crippen LogP contribution in [0.5, 0.6) is 0 Å². The van der Waals surface area contributed by atoms with E-state index >= 15 is 0 Å². The number of nitrogens with zero attached hydrogens (tertiary/aromatic N) is 2. The molecule has 1 aromatic carbocycles. The number of halogens is 1. The minimum Gasteiger partial charge on any atom is -0.367 e. The number of benzene rings is 1. The number of para-hydroxylation sites is 1. The lowest BCUT2D eigenvalue weighted by atomic mass is 10.0. The van der Waals surface area contributed by atoms with Crippen molar-refractivity contribution in [1.82, 2.24) is 10.2 Å². The zero-order chi connectivity index (χ0) is 18.8. The number of rotatable bonds is 6. The van der Waals surface area contributed by atoms with E-state index in [9.17, 15) is 9.18 Å². The van der Waals surface area contributed by atoms with E-state index in [4.69, 9.17) is 0 Å². The van der Waals surface area contributed by atoms with Gasteiger partial charge in [-0.3, -0.25) is 9.69 Å². The number of nitrogens with one attached hydrogen (secondary N) is 1. The summed E-state index contributed by atoms with van der Waals surface area (Å²) >= 11 is 1.74. The lowest BCUT2D eigenvalue weighted by Gasteiger charge is -2.42. The topological polar surface area (TPSA) is 35.6 Å². The summed E-state index contributed by atoms with van der Waals surface area (Å²) in [5.74, 6) is 0.245. The van der Waals surface area contributed by atoms with E-state index in [-0.39, 0.29) is 29.7 Å². The second kappa shape index (κ2) is 7.98. The summed E-state index contributed by atoms with van der Waals surface area (Å²) in [6.45, 7) is 5.37. The Kier molecular flexibility index (Phi) is 5.45. The summed E-state index contributed by atoms with van der Waals surface area (Å²) in [7, 11) is 0. The first-order chi connectivity index (χ1) is 13.1. The van der Waals surface area contributed by atoms with Crippen LogP contribution in [0.25, 0.3) is 0 Å². The van der Waals surface area contributed by atoms with Crippen LogP contribution in [-0.2, 0) is 4.79 Å². The predicted octanol–water partition coefficient (Wildman–Crippen LogP) is 3.67. The van der Waals surface area contributed by atoms with Crippen LogP contribution in [0.15, 0.2) is 41.8 Å². The van der Waals surface area contributed by atoms with Gasteiger partial charge in [0.2, 0.25) is 5.91 Å². The first kappa shape index (κ1) is 18.4. The Bertz CT molecular complexity index is 769. The van der Waals surface area contributed by atoms with Crippen molar-refractivity contribution in [1.29, 1.82) is 0 Å². The van der Waals surface area contributed by atoms with Crippen LogP contribution >= 0.6 is 11.3 Å². The summed E-state index contributed by atoms with van der Waals surface area (Å²) in [4.78, 5) is 18.1. The fourth-order valence-corrected chi connectivity index (χ4v) is 4.88. The molecular weight excluding hydrogens is 361 g/mol. The smallest absolute Gasteiger partial charge is 0.223 e. The molecule has 0 radical (unpaired) electrons. The maximum absolute atomic E-state index is 14.1. The highest BCUT2D eigenvalue weighted by molar-refractivity contribution is 7.10. The number of carbonyl (C=O) groups is 1. The lowest BCUT2D eigenvalue weighted by Crippen LogP contribution is -2.52. The fourth-order valence-electron chi connectivity index (χ4n) is 3.92. The van der Waals surface area contributed by atoms with Gasteiger partial charge in [-0.25, -0.2) is 4.39 Å². The highest BCUT2D eigenvalue weighted by Gasteiger charge is 2.35. The van der Waals surface area contributed by atoms with Crippen LogP contribution in [0.4, 0.5) is 10.1 Å². The molecule has 1 saturated heterocycles. The van der Waals surface area contributed by atoms with Gasteiger partial charge in [-0.15, -0.1) is 11.3 Å². The Morgan fingerprint density at radius 1 is 1.15 bits per heavy atom. The Hall–Kier alpha value is -1.92. The number of hydrogen-bond acceptors (Lipinski definition) is 4. The molecule has 1 saturated carbocycles. The molecule has 1 aliphatic heterocycles. The van der Waals surface area contributed by atoms with Crippen LogP contribution in [0.3, 0.4) is 0 Å². The van der Waals surface area contributed by atoms with Crippen molar-refractivity contribution >= 4 is 22.9 Å². The van der Waals surface area contributed by atoms with Crippen molar-refractivity contribution in [2.75, 3.05) is 31.1 Å². The molecule has 1 aromatic heterocycles. The monoisotopic (exact) mass is 387 g/mol. The van der Waals surface area contributed by atoms with Gasteiger partial charge in [0.25, 0.3) is 0 Å². The number of carbonyl (C=O) groups excluding carboxylic acids is 1. The largest absolute Gasteiger partial charge is 0.367 e. The van der Waals surface area contributed by atoms with E-state index in [1.165, 1.54) is 10.9 Å². The summed E-state index contributed by atoms with van der Waals surface area (Å²) in [5.41, 5.74) is 0.680. The van der Waals surface area contributed by atoms with E-state index in [1.807, 2.05) is 12.1 Å². The fraction of sp³-hybridized carbons (Fsp3) is 0.476. The van der Waals surface area contributed by atoms with Gasteiger partial charge in [-0.2, -0.15) is 0 Å². The zero-order valence-corrected chi connectivity index (χ0v) is 16.4. The van der Waals surface area contributed by atoms with Crippen molar-refractivity contribution < 1.29 is 9.18 Å². The number of anilines is 1. The van der Waals surface area contributed by atoms with Crippen molar-refractivity contribution in [2.24, 2.45) is 5.92 Å². The van der Waals surface area contributed by atoms with Crippen LogP contribution < -0.4 is 10.2 Å². The lowest BCUT2D eigenvalue weighted by molar-refractivity contribution is -0.123. The Morgan fingerprint density at radius 2 is 1.89 bits per heavy atom. The van der Waals surface area contributed by atoms with Crippen molar-refractivity contribution in [2.45, 2.75) is 31.8 Å². The van der Waals surface area contributed by atoms with E-state index in [1.54, 1.807) is 17.4 Å². The molecule has 144 valence electrons. The second-order valence-corrected chi connectivity index (χ2v) is 8.49. The quantitative estimate of drug-likeness (QED) is 0.822. The zero-order valence-electron chi connectivity index (χ0n) is 15.6. The van der Waals surface area contributed by atoms with E-state index < -0.39 is 0 Å². The molecule has 0 unspecified atom stereocenters. The Morgan fingerprint density at radius 3 is 2.52 bits per heavy atom. The van der Waals surface area contributed by atoms with Gasteiger partial charge < -0.3 is 10.2 Å². The molecule has 0 bridgehead atoms. The third-order valence-electron chi connectivity index (χ3n) is 5.53. The average molecular weight is 388 g/mol. The molecule has 1 N–H and O–H groups in total. The van der Waals surface area contributed by atoms with Gasteiger partial charge in [0.05, 0.1) is 11.7 Å². The van der Waals surface area contributed by atoms with Gasteiger partial charge >= 0.3 is 0 Å². The molecule has 2 atom stereocenters.